The Morgan fingerprint density at radius 2 is 1.92 bits per heavy atom. The lowest BCUT2D eigenvalue weighted by molar-refractivity contribution is -0.120. The van der Waals surface area contributed by atoms with E-state index in [9.17, 15) is 9.59 Å². The molecule has 0 spiro atoms. The molecule has 4 nitrogen and oxygen atoms in total. The number of Topliss-reactive ketones (excluding diaryl/α,β-unsaturated/α-hetero) is 1. The second-order valence-electron chi connectivity index (χ2n) is 3.29. The SMILES string of the molecule is CCN(C)C(=O)NCC(=O)C(C)C. The second-order valence-corrected chi connectivity index (χ2v) is 3.29. The Balaban J connectivity index is 3.77. The molecule has 0 aliphatic rings. The van der Waals surface area contributed by atoms with Crippen LogP contribution >= 0.6 is 0 Å². The van der Waals surface area contributed by atoms with Crippen molar-refractivity contribution in [2.45, 2.75) is 20.8 Å². The van der Waals surface area contributed by atoms with Gasteiger partial charge in [-0.3, -0.25) is 4.79 Å². The summed E-state index contributed by atoms with van der Waals surface area (Å²) in [6, 6.07) is -0.198. The molecule has 0 aliphatic carbocycles. The second kappa shape index (κ2) is 5.56. The standard InChI is InChI=1S/C9H18N2O2/c1-5-11(4)9(13)10-6-8(12)7(2)3/h7H,5-6H2,1-4H3,(H,10,13). The van der Waals surface area contributed by atoms with Crippen LogP contribution in [0.25, 0.3) is 0 Å². The van der Waals surface area contributed by atoms with Crippen molar-refractivity contribution in [2.24, 2.45) is 5.92 Å². The Hall–Kier alpha value is -1.06. The summed E-state index contributed by atoms with van der Waals surface area (Å²) < 4.78 is 0. The van der Waals surface area contributed by atoms with Crippen LogP contribution < -0.4 is 5.32 Å². The number of urea groups is 1. The first-order valence-corrected chi connectivity index (χ1v) is 4.50. The predicted octanol–water partition coefficient (Wildman–Crippen LogP) is 0.873. The third-order valence-corrected chi connectivity index (χ3v) is 1.88. The summed E-state index contributed by atoms with van der Waals surface area (Å²) in [4.78, 5) is 23.8. The van der Waals surface area contributed by atoms with E-state index in [1.165, 1.54) is 4.90 Å². The van der Waals surface area contributed by atoms with Gasteiger partial charge in [-0.2, -0.15) is 0 Å². The molecule has 0 saturated heterocycles. The summed E-state index contributed by atoms with van der Waals surface area (Å²) in [5.41, 5.74) is 0. The number of carbonyl (C=O) groups excluding carboxylic acids is 2. The molecule has 0 unspecified atom stereocenters. The zero-order valence-electron chi connectivity index (χ0n) is 8.76. The molecule has 2 amide bonds. The monoisotopic (exact) mass is 186 g/mol. The van der Waals surface area contributed by atoms with Crippen LogP contribution in [0.2, 0.25) is 0 Å². The first-order valence-electron chi connectivity index (χ1n) is 4.50. The van der Waals surface area contributed by atoms with E-state index in [-0.39, 0.29) is 24.3 Å². The molecule has 0 rings (SSSR count). The van der Waals surface area contributed by atoms with Crippen molar-refractivity contribution < 1.29 is 9.59 Å². The number of hydrogen-bond acceptors (Lipinski definition) is 2. The first-order chi connectivity index (χ1) is 5.99. The Bertz CT molecular complexity index is 190. The van der Waals surface area contributed by atoms with E-state index in [0.29, 0.717) is 6.54 Å². The van der Waals surface area contributed by atoms with Crippen molar-refractivity contribution in [3.05, 3.63) is 0 Å². The summed E-state index contributed by atoms with van der Waals surface area (Å²) in [6.07, 6.45) is 0. The van der Waals surface area contributed by atoms with E-state index >= 15 is 0 Å². The van der Waals surface area contributed by atoms with Crippen LogP contribution in [0.1, 0.15) is 20.8 Å². The molecule has 0 bridgehead atoms. The van der Waals surface area contributed by atoms with Crippen molar-refractivity contribution in [2.75, 3.05) is 20.1 Å². The molecule has 1 N–H and O–H groups in total. The molecule has 0 aromatic carbocycles. The number of amides is 2. The number of ketones is 1. The highest BCUT2D eigenvalue weighted by atomic mass is 16.2. The molecular formula is C9H18N2O2. The lowest BCUT2D eigenvalue weighted by Gasteiger charge is -2.15. The molecule has 0 fully saturated rings. The molecule has 0 saturated carbocycles. The number of rotatable bonds is 4. The fourth-order valence-corrected chi connectivity index (χ4v) is 0.645. The molecule has 0 atom stereocenters. The summed E-state index contributed by atoms with van der Waals surface area (Å²) >= 11 is 0. The third kappa shape index (κ3) is 4.50. The molecule has 0 radical (unpaired) electrons. The van der Waals surface area contributed by atoms with Gasteiger partial charge in [-0.1, -0.05) is 13.8 Å². The van der Waals surface area contributed by atoms with Gasteiger partial charge >= 0.3 is 6.03 Å². The lowest BCUT2D eigenvalue weighted by atomic mass is 10.1. The van der Waals surface area contributed by atoms with Crippen LogP contribution in [0.3, 0.4) is 0 Å². The number of nitrogens with zero attached hydrogens (tertiary/aromatic N) is 1. The minimum absolute atomic E-state index is 0.0211. The lowest BCUT2D eigenvalue weighted by Crippen LogP contribution is -2.40. The molecule has 76 valence electrons. The normalized spacial score (nSPS) is 9.92. The maximum absolute atomic E-state index is 11.2. The summed E-state index contributed by atoms with van der Waals surface area (Å²) in [7, 11) is 1.69. The maximum Gasteiger partial charge on any atom is 0.317 e. The fraction of sp³-hybridized carbons (Fsp3) is 0.778. The van der Waals surface area contributed by atoms with Gasteiger partial charge in [0.1, 0.15) is 0 Å². The van der Waals surface area contributed by atoms with Crippen molar-refractivity contribution in [1.29, 1.82) is 0 Å². The molecule has 0 aromatic heterocycles. The van der Waals surface area contributed by atoms with Crippen molar-refractivity contribution in [3.8, 4) is 0 Å². The average molecular weight is 186 g/mol. The van der Waals surface area contributed by atoms with Crippen LogP contribution in [0.5, 0.6) is 0 Å². The van der Waals surface area contributed by atoms with Crippen molar-refractivity contribution in [1.82, 2.24) is 10.2 Å². The third-order valence-electron chi connectivity index (χ3n) is 1.88. The predicted molar refractivity (Wildman–Crippen MR) is 51.5 cm³/mol. The minimum Gasteiger partial charge on any atom is -0.331 e. The summed E-state index contributed by atoms with van der Waals surface area (Å²) in [6.45, 7) is 6.28. The Morgan fingerprint density at radius 1 is 1.38 bits per heavy atom. The van der Waals surface area contributed by atoms with E-state index in [4.69, 9.17) is 0 Å². The van der Waals surface area contributed by atoms with E-state index in [1.807, 2.05) is 20.8 Å². The fourth-order valence-electron chi connectivity index (χ4n) is 0.645. The molecular weight excluding hydrogens is 168 g/mol. The molecule has 13 heavy (non-hydrogen) atoms. The highest BCUT2D eigenvalue weighted by Crippen LogP contribution is 1.92. The van der Waals surface area contributed by atoms with Gasteiger partial charge in [0.2, 0.25) is 0 Å². The highest BCUT2D eigenvalue weighted by Gasteiger charge is 2.10. The topological polar surface area (TPSA) is 49.4 Å². The quantitative estimate of drug-likeness (QED) is 0.708. The van der Waals surface area contributed by atoms with Gasteiger partial charge in [-0.05, 0) is 6.92 Å². The highest BCUT2D eigenvalue weighted by molar-refractivity contribution is 5.86. The van der Waals surface area contributed by atoms with Gasteiger partial charge in [-0.15, -0.1) is 0 Å². The minimum atomic E-state index is -0.198. The van der Waals surface area contributed by atoms with Gasteiger partial charge < -0.3 is 10.2 Å². The molecule has 0 heterocycles. The Morgan fingerprint density at radius 3 is 2.31 bits per heavy atom. The van der Waals surface area contributed by atoms with E-state index in [2.05, 4.69) is 5.32 Å². The molecule has 0 aliphatic heterocycles. The van der Waals surface area contributed by atoms with Gasteiger partial charge in [0.05, 0.1) is 6.54 Å². The molecule has 0 aromatic rings. The number of nitrogens with one attached hydrogen (secondary N) is 1. The van der Waals surface area contributed by atoms with Crippen LogP contribution in [0.4, 0.5) is 4.79 Å². The van der Waals surface area contributed by atoms with E-state index in [0.717, 1.165) is 0 Å². The molecule has 4 heteroatoms. The Labute approximate surface area is 79.3 Å². The van der Waals surface area contributed by atoms with Gasteiger partial charge in [0.15, 0.2) is 5.78 Å². The summed E-state index contributed by atoms with van der Waals surface area (Å²) in [5.74, 6) is 0.0325. The van der Waals surface area contributed by atoms with Crippen molar-refractivity contribution >= 4 is 11.8 Å². The van der Waals surface area contributed by atoms with Crippen LogP contribution in [0, 0.1) is 5.92 Å². The maximum atomic E-state index is 11.2. The van der Waals surface area contributed by atoms with Crippen LogP contribution in [-0.2, 0) is 4.79 Å². The van der Waals surface area contributed by atoms with Gasteiger partial charge in [0.25, 0.3) is 0 Å². The number of carbonyl (C=O) groups is 2. The average Bonchev–Trinajstić information content (AvgIpc) is 2.11. The van der Waals surface area contributed by atoms with Crippen LogP contribution in [0.15, 0.2) is 0 Å². The first kappa shape index (κ1) is 11.9. The Kier molecular flexibility index (Phi) is 5.11. The zero-order valence-corrected chi connectivity index (χ0v) is 8.76. The van der Waals surface area contributed by atoms with Gasteiger partial charge in [0, 0.05) is 19.5 Å². The largest absolute Gasteiger partial charge is 0.331 e. The van der Waals surface area contributed by atoms with E-state index in [1.54, 1.807) is 7.05 Å². The zero-order chi connectivity index (χ0) is 10.4. The van der Waals surface area contributed by atoms with Gasteiger partial charge in [-0.25, -0.2) is 4.79 Å². The van der Waals surface area contributed by atoms with E-state index < -0.39 is 0 Å². The van der Waals surface area contributed by atoms with Crippen molar-refractivity contribution in [3.63, 3.8) is 0 Å². The van der Waals surface area contributed by atoms with Crippen LogP contribution in [-0.4, -0.2) is 36.9 Å². The summed E-state index contributed by atoms with van der Waals surface area (Å²) in [5, 5.41) is 2.55. The number of hydrogen-bond donors (Lipinski definition) is 1. The smallest absolute Gasteiger partial charge is 0.317 e.